The zero-order valence-electron chi connectivity index (χ0n) is 21.4. The number of methoxy groups -OCH3 is 1. The molecule has 36 heavy (non-hydrogen) atoms. The highest BCUT2D eigenvalue weighted by Gasteiger charge is 2.24. The minimum atomic E-state index is -0.668. The maximum atomic E-state index is 12.6. The lowest BCUT2D eigenvalue weighted by Crippen LogP contribution is -2.50. The fourth-order valence-electron chi connectivity index (χ4n) is 3.22. The highest BCUT2D eigenvalue weighted by atomic mass is 35.5. The lowest BCUT2D eigenvalue weighted by molar-refractivity contribution is -0.124. The van der Waals surface area contributed by atoms with Gasteiger partial charge in [0.15, 0.2) is 11.5 Å². The zero-order chi connectivity index (χ0) is 26.3. The average molecular weight is 515 g/mol. The summed E-state index contributed by atoms with van der Waals surface area (Å²) in [6.07, 6.45) is 1.73. The van der Waals surface area contributed by atoms with Gasteiger partial charge in [0.2, 0.25) is 5.91 Å². The SMILES string of the molecule is CCCCOC(=O)N[C@H](C(=O)NCCc1ccc(OCC#Cc2ccc(Cl)cc2)c(OC)c1)C(C)C. The second kappa shape index (κ2) is 15.6. The summed E-state index contributed by atoms with van der Waals surface area (Å²) in [4.78, 5) is 24.6. The van der Waals surface area contributed by atoms with Crippen LogP contribution in [0, 0.1) is 17.8 Å². The van der Waals surface area contributed by atoms with Gasteiger partial charge in [-0.25, -0.2) is 4.79 Å². The Kier molecular flexibility index (Phi) is 12.5. The van der Waals surface area contributed by atoms with Crippen LogP contribution >= 0.6 is 11.6 Å². The largest absolute Gasteiger partial charge is 0.493 e. The molecule has 0 aliphatic heterocycles. The van der Waals surface area contributed by atoms with E-state index >= 15 is 0 Å². The predicted molar refractivity (Wildman–Crippen MR) is 142 cm³/mol. The van der Waals surface area contributed by atoms with Crippen molar-refractivity contribution in [1.82, 2.24) is 10.6 Å². The normalized spacial score (nSPS) is 11.2. The molecular formula is C28H35ClN2O5. The van der Waals surface area contributed by atoms with Gasteiger partial charge in [-0.2, -0.15) is 0 Å². The molecule has 0 spiro atoms. The van der Waals surface area contributed by atoms with Crippen LogP contribution in [0.2, 0.25) is 5.02 Å². The number of amides is 2. The summed E-state index contributed by atoms with van der Waals surface area (Å²) in [6.45, 7) is 6.72. The van der Waals surface area contributed by atoms with Crippen LogP contribution in [0.15, 0.2) is 42.5 Å². The molecule has 2 amide bonds. The van der Waals surface area contributed by atoms with Gasteiger partial charge >= 0.3 is 6.09 Å². The average Bonchev–Trinajstić information content (AvgIpc) is 2.86. The lowest BCUT2D eigenvalue weighted by Gasteiger charge is -2.21. The monoisotopic (exact) mass is 514 g/mol. The number of hydrogen-bond acceptors (Lipinski definition) is 5. The van der Waals surface area contributed by atoms with E-state index in [4.69, 9.17) is 25.8 Å². The molecule has 0 aromatic heterocycles. The summed E-state index contributed by atoms with van der Waals surface area (Å²) in [5.41, 5.74) is 1.83. The first kappa shape index (κ1) is 28.9. The van der Waals surface area contributed by atoms with Crippen LogP contribution in [-0.4, -0.2) is 44.9 Å². The Hall–Kier alpha value is -3.37. The van der Waals surface area contributed by atoms with Crippen LogP contribution < -0.4 is 20.1 Å². The van der Waals surface area contributed by atoms with Gasteiger partial charge in [0.05, 0.1) is 13.7 Å². The van der Waals surface area contributed by atoms with Crippen LogP contribution in [0.4, 0.5) is 4.79 Å². The van der Waals surface area contributed by atoms with Crippen molar-refractivity contribution in [2.45, 2.75) is 46.1 Å². The first-order valence-electron chi connectivity index (χ1n) is 12.1. The van der Waals surface area contributed by atoms with E-state index < -0.39 is 12.1 Å². The van der Waals surface area contributed by atoms with Crippen molar-refractivity contribution in [2.75, 3.05) is 26.9 Å². The quantitative estimate of drug-likeness (QED) is 0.308. The van der Waals surface area contributed by atoms with Gasteiger partial charge in [-0.15, -0.1) is 0 Å². The number of rotatable bonds is 12. The van der Waals surface area contributed by atoms with Crippen molar-refractivity contribution < 1.29 is 23.8 Å². The third kappa shape index (κ3) is 10.1. The van der Waals surface area contributed by atoms with Crippen LogP contribution in [0.25, 0.3) is 0 Å². The van der Waals surface area contributed by atoms with Crippen molar-refractivity contribution >= 4 is 23.6 Å². The van der Waals surface area contributed by atoms with Gasteiger partial charge in [-0.1, -0.05) is 56.7 Å². The third-order valence-electron chi connectivity index (χ3n) is 5.27. The van der Waals surface area contributed by atoms with Gasteiger partial charge < -0.3 is 24.8 Å². The van der Waals surface area contributed by atoms with Crippen LogP contribution in [0.5, 0.6) is 11.5 Å². The molecule has 194 valence electrons. The van der Waals surface area contributed by atoms with Crippen molar-refractivity contribution in [2.24, 2.45) is 5.92 Å². The van der Waals surface area contributed by atoms with E-state index in [1.54, 1.807) is 19.2 Å². The predicted octanol–water partition coefficient (Wildman–Crippen LogP) is 4.99. The maximum Gasteiger partial charge on any atom is 0.407 e. The summed E-state index contributed by atoms with van der Waals surface area (Å²) in [7, 11) is 1.58. The van der Waals surface area contributed by atoms with E-state index in [-0.39, 0.29) is 18.4 Å². The number of carbonyl (C=O) groups is 2. The molecular weight excluding hydrogens is 480 g/mol. The number of nitrogens with one attached hydrogen (secondary N) is 2. The van der Waals surface area contributed by atoms with Crippen LogP contribution in [0.1, 0.15) is 44.7 Å². The molecule has 0 fully saturated rings. The lowest BCUT2D eigenvalue weighted by atomic mass is 10.0. The van der Waals surface area contributed by atoms with Crippen LogP contribution in [-0.2, 0) is 16.0 Å². The minimum absolute atomic E-state index is 0.0805. The third-order valence-corrected chi connectivity index (χ3v) is 5.52. The molecule has 1 atom stereocenters. The van der Waals surface area contributed by atoms with Gasteiger partial charge in [-0.3, -0.25) is 4.79 Å². The van der Waals surface area contributed by atoms with Gasteiger partial charge in [-0.05, 0) is 60.7 Å². The number of alkyl carbamates (subject to hydrolysis) is 1. The molecule has 2 aromatic rings. The number of ether oxygens (including phenoxy) is 3. The highest BCUT2D eigenvalue weighted by Crippen LogP contribution is 2.28. The molecule has 2 aromatic carbocycles. The number of carbonyl (C=O) groups excluding carboxylic acids is 2. The summed E-state index contributed by atoms with van der Waals surface area (Å²) in [6, 6.07) is 12.2. The molecule has 0 radical (unpaired) electrons. The molecule has 2 N–H and O–H groups in total. The number of halogens is 1. The van der Waals surface area contributed by atoms with Gasteiger partial charge in [0, 0.05) is 17.1 Å². The van der Waals surface area contributed by atoms with Gasteiger partial charge in [0.1, 0.15) is 12.6 Å². The number of benzene rings is 2. The Morgan fingerprint density at radius 1 is 1.08 bits per heavy atom. The molecule has 0 saturated heterocycles. The van der Waals surface area contributed by atoms with E-state index in [9.17, 15) is 9.59 Å². The standard InChI is InChI=1S/C28H35ClN2O5/c1-5-6-17-36-28(33)31-26(20(2)3)27(32)30-16-15-22-11-14-24(25(19-22)34-4)35-18-7-8-21-9-12-23(29)13-10-21/h9-14,19-20,26H,5-6,15-18H2,1-4H3,(H,30,32)(H,31,33)/t26-/m0/s1. The van der Waals surface area contributed by atoms with E-state index in [2.05, 4.69) is 22.5 Å². The number of unbranched alkanes of at least 4 members (excludes halogenated alkanes) is 1. The molecule has 0 unspecified atom stereocenters. The summed E-state index contributed by atoms with van der Waals surface area (Å²) in [5, 5.41) is 6.22. The fraction of sp³-hybridized carbons (Fsp3) is 0.429. The van der Waals surface area contributed by atoms with E-state index in [0.717, 1.165) is 24.0 Å². The van der Waals surface area contributed by atoms with E-state index in [1.165, 1.54) is 0 Å². The Balaban J connectivity index is 1.85. The van der Waals surface area contributed by atoms with Gasteiger partial charge in [0.25, 0.3) is 0 Å². The molecule has 7 nitrogen and oxygen atoms in total. The van der Waals surface area contributed by atoms with Crippen molar-refractivity contribution in [3.8, 4) is 23.3 Å². The molecule has 0 saturated carbocycles. The topological polar surface area (TPSA) is 85.9 Å². The summed E-state index contributed by atoms with van der Waals surface area (Å²) >= 11 is 5.88. The van der Waals surface area contributed by atoms with Crippen molar-refractivity contribution in [3.05, 3.63) is 58.6 Å². The molecule has 0 bridgehead atoms. The summed E-state index contributed by atoms with van der Waals surface area (Å²) < 4.78 is 16.3. The van der Waals surface area contributed by atoms with E-state index in [0.29, 0.717) is 36.1 Å². The second-order valence-corrected chi connectivity index (χ2v) is 8.92. The first-order valence-corrected chi connectivity index (χ1v) is 12.5. The smallest absolute Gasteiger partial charge is 0.407 e. The Labute approximate surface area is 218 Å². The first-order chi connectivity index (χ1) is 17.3. The Morgan fingerprint density at radius 2 is 1.83 bits per heavy atom. The maximum absolute atomic E-state index is 12.6. The van der Waals surface area contributed by atoms with E-state index in [1.807, 2.05) is 51.1 Å². The number of hydrogen-bond donors (Lipinski definition) is 2. The Morgan fingerprint density at radius 3 is 2.50 bits per heavy atom. The van der Waals surface area contributed by atoms with Crippen LogP contribution in [0.3, 0.4) is 0 Å². The molecule has 0 aliphatic rings. The summed E-state index contributed by atoms with van der Waals surface area (Å²) in [5.74, 6) is 6.84. The molecule has 2 rings (SSSR count). The zero-order valence-corrected chi connectivity index (χ0v) is 22.1. The fourth-order valence-corrected chi connectivity index (χ4v) is 3.35. The molecule has 0 heterocycles. The minimum Gasteiger partial charge on any atom is -0.493 e. The Bertz CT molecular complexity index is 1040. The highest BCUT2D eigenvalue weighted by molar-refractivity contribution is 6.30. The second-order valence-electron chi connectivity index (χ2n) is 8.48. The van der Waals surface area contributed by atoms with Crippen molar-refractivity contribution in [1.29, 1.82) is 0 Å². The van der Waals surface area contributed by atoms with Crippen molar-refractivity contribution in [3.63, 3.8) is 0 Å². The molecule has 0 aliphatic carbocycles. The molecule has 8 heteroatoms.